The van der Waals surface area contributed by atoms with Gasteiger partial charge < -0.3 is 10.6 Å². The molecule has 0 saturated heterocycles. The summed E-state index contributed by atoms with van der Waals surface area (Å²) in [4.78, 5) is 20.2. The van der Waals surface area contributed by atoms with Gasteiger partial charge in [0.2, 0.25) is 0 Å². The predicted molar refractivity (Wildman–Crippen MR) is 77.2 cm³/mol. The molecule has 1 heterocycles. The first-order valence-corrected chi connectivity index (χ1v) is 6.66. The largest absolute Gasteiger partial charge is 0.369 e. The highest BCUT2D eigenvalue weighted by molar-refractivity contribution is 5.92. The van der Waals surface area contributed by atoms with E-state index < -0.39 is 0 Å². The fourth-order valence-corrected chi connectivity index (χ4v) is 1.43. The van der Waals surface area contributed by atoms with Crippen LogP contribution in [0.5, 0.6) is 0 Å². The van der Waals surface area contributed by atoms with E-state index in [0.29, 0.717) is 17.4 Å². The van der Waals surface area contributed by atoms with Crippen LogP contribution in [-0.4, -0.2) is 28.0 Å². The van der Waals surface area contributed by atoms with Crippen LogP contribution in [0.2, 0.25) is 0 Å². The van der Waals surface area contributed by atoms with Crippen LogP contribution in [-0.2, 0) is 0 Å². The number of hydrogen-bond donors (Lipinski definition) is 2. The van der Waals surface area contributed by atoms with Crippen LogP contribution in [0.1, 0.15) is 51.5 Å². The maximum absolute atomic E-state index is 11.8. The average molecular weight is 264 g/mol. The molecule has 0 aliphatic heterocycles. The molecule has 1 amide bonds. The van der Waals surface area contributed by atoms with Crippen molar-refractivity contribution in [2.45, 2.75) is 46.6 Å². The number of amides is 1. The van der Waals surface area contributed by atoms with Crippen molar-refractivity contribution in [2.75, 3.05) is 11.9 Å². The molecule has 5 heteroatoms. The van der Waals surface area contributed by atoms with Gasteiger partial charge in [0.25, 0.3) is 5.91 Å². The quantitative estimate of drug-likeness (QED) is 0.857. The highest BCUT2D eigenvalue weighted by atomic mass is 16.2. The van der Waals surface area contributed by atoms with Crippen LogP contribution in [0.15, 0.2) is 12.4 Å². The fourth-order valence-electron chi connectivity index (χ4n) is 1.43. The maximum atomic E-state index is 11.8. The predicted octanol–water partition coefficient (Wildman–Crippen LogP) is 2.46. The zero-order valence-corrected chi connectivity index (χ0v) is 12.4. The van der Waals surface area contributed by atoms with Gasteiger partial charge >= 0.3 is 0 Å². The van der Waals surface area contributed by atoms with Crippen LogP contribution >= 0.6 is 0 Å². The first-order valence-electron chi connectivity index (χ1n) is 6.66. The normalized spacial score (nSPS) is 11.5. The first kappa shape index (κ1) is 15.4. The molecule has 1 aromatic heterocycles. The van der Waals surface area contributed by atoms with Gasteiger partial charge in [0.05, 0.1) is 12.4 Å². The van der Waals surface area contributed by atoms with Gasteiger partial charge in [0.15, 0.2) is 0 Å². The summed E-state index contributed by atoms with van der Waals surface area (Å²) in [6, 6.07) is 0. The van der Waals surface area contributed by atoms with Gasteiger partial charge in [-0.2, -0.15) is 0 Å². The number of carbonyl (C=O) groups excluding carboxylic acids is 1. The smallest absolute Gasteiger partial charge is 0.271 e. The van der Waals surface area contributed by atoms with Crippen molar-refractivity contribution in [3.8, 4) is 0 Å². The van der Waals surface area contributed by atoms with Crippen LogP contribution < -0.4 is 10.6 Å². The van der Waals surface area contributed by atoms with Crippen LogP contribution in [0.25, 0.3) is 0 Å². The lowest BCUT2D eigenvalue weighted by atomic mass is 10.1. The van der Waals surface area contributed by atoms with Gasteiger partial charge in [-0.25, -0.2) is 9.97 Å². The van der Waals surface area contributed by atoms with Crippen molar-refractivity contribution in [3.05, 3.63) is 18.1 Å². The molecule has 0 saturated carbocycles. The summed E-state index contributed by atoms with van der Waals surface area (Å²) in [6.07, 6.45) is 4.17. The molecular formula is C14H24N4O. The lowest BCUT2D eigenvalue weighted by Gasteiger charge is -2.19. The lowest BCUT2D eigenvalue weighted by molar-refractivity contribution is 0.0914. The second kappa shape index (κ2) is 6.50. The molecule has 0 aromatic carbocycles. The van der Waals surface area contributed by atoms with Crippen LogP contribution in [0.3, 0.4) is 0 Å². The number of aromatic nitrogens is 2. The van der Waals surface area contributed by atoms with Crippen molar-refractivity contribution in [1.82, 2.24) is 15.3 Å². The molecule has 0 bridgehead atoms. The Kier molecular flexibility index (Phi) is 5.27. The Morgan fingerprint density at radius 2 is 1.95 bits per heavy atom. The van der Waals surface area contributed by atoms with Gasteiger partial charge in [-0.15, -0.1) is 0 Å². The highest BCUT2D eigenvalue weighted by Gasteiger charge is 2.16. The average Bonchev–Trinajstić information content (AvgIpc) is 2.27. The van der Waals surface area contributed by atoms with Crippen molar-refractivity contribution in [3.63, 3.8) is 0 Å². The van der Waals surface area contributed by atoms with Crippen molar-refractivity contribution in [2.24, 2.45) is 5.92 Å². The summed E-state index contributed by atoms with van der Waals surface area (Å²) in [5.74, 6) is 1.15. The monoisotopic (exact) mass is 264 g/mol. The zero-order chi connectivity index (χ0) is 14.5. The number of nitrogens with zero attached hydrogens (tertiary/aromatic N) is 2. The molecule has 0 atom stereocenters. The van der Waals surface area contributed by atoms with E-state index in [9.17, 15) is 4.79 Å². The van der Waals surface area contributed by atoms with Crippen molar-refractivity contribution in [1.29, 1.82) is 0 Å². The second-order valence-corrected chi connectivity index (χ2v) is 6.10. The van der Waals surface area contributed by atoms with Gasteiger partial charge in [0, 0.05) is 12.1 Å². The number of carbonyl (C=O) groups is 1. The Hall–Kier alpha value is -1.65. The minimum Gasteiger partial charge on any atom is -0.369 e. The Labute approximate surface area is 115 Å². The Morgan fingerprint density at radius 1 is 1.26 bits per heavy atom. The van der Waals surface area contributed by atoms with E-state index in [-0.39, 0.29) is 11.4 Å². The highest BCUT2D eigenvalue weighted by Crippen LogP contribution is 2.05. The molecule has 19 heavy (non-hydrogen) atoms. The van der Waals surface area contributed by atoms with Gasteiger partial charge in [-0.3, -0.25) is 4.79 Å². The molecule has 0 aliphatic carbocycles. The van der Waals surface area contributed by atoms with E-state index >= 15 is 0 Å². The van der Waals surface area contributed by atoms with Crippen molar-refractivity contribution >= 4 is 11.7 Å². The third-order valence-corrected chi connectivity index (χ3v) is 2.40. The molecular weight excluding hydrogens is 240 g/mol. The maximum Gasteiger partial charge on any atom is 0.271 e. The summed E-state index contributed by atoms with van der Waals surface area (Å²) in [5, 5.41) is 6.04. The summed E-state index contributed by atoms with van der Waals surface area (Å²) in [7, 11) is 0. The van der Waals surface area contributed by atoms with Gasteiger partial charge in [0.1, 0.15) is 11.5 Å². The topological polar surface area (TPSA) is 66.9 Å². The molecule has 1 rings (SSSR count). The molecule has 1 aromatic rings. The molecule has 0 unspecified atom stereocenters. The Balaban J connectivity index is 2.54. The molecule has 5 nitrogen and oxygen atoms in total. The number of nitrogens with one attached hydrogen (secondary N) is 2. The van der Waals surface area contributed by atoms with E-state index in [1.54, 1.807) is 6.20 Å². The van der Waals surface area contributed by atoms with E-state index in [4.69, 9.17) is 0 Å². The minimum atomic E-state index is -0.271. The Bertz CT molecular complexity index is 406. The van der Waals surface area contributed by atoms with E-state index in [1.165, 1.54) is 6.20 Å². The SMILES string of the molecule is CC(C)CCNc1cnc(C(=O)NC(C)(C)C)cn1. The second-order valence-electron chi connectivity index (χ2n) is 6.10. The summed E-state index contributed by atoms with van der Waals surface area (Å²) >= 11 is 0. The van der Waals surface area contributed by atoms with E-state index in [2.05, 4.69) is 34.4 Å². The standard InChI is InChI=1S/C14H24N4O/c1-10(2)6-7-15-12-9-16-11(8-17-12)13(19)18-14(3,4)5/h8-10H,6-7H2,1-5H3,(H,15,17)(H,18,19). The van der Waals surface area contributed by atoms with Crippen LogP contribution in [0, 0.1) is 5.92 Å². The summed E-state index contributed by atoms with van der Waals surface area (Å²) in [5.41, 5.74) is 0.0665. The lowest BCUT2D eigenvalue weighted by Crippen LogP contribution is -2.41. The summed E-state index contributed by atoms with van der Waals surface area (Å²) < 4.78 is 0. The van der Waals surface area contributed by atoms with E-state index in [0.717, 1.165) is 13.0 Å². The Morgan fingerprint density at radius 3 is 2.42 bits per heavy atom. The molecule has 0 aliphatic rings. The van der Waals surface area contributed by atoms with Gasteiger partial charge in [-0.1, -0.05) is 13.8 Å². The van der Waals surface area contributed by atoms with Crippen molar-refractivity contribution < 1.29 is 4.79 Å². The van der Waals surface area contributed by atoms with E-state index in [1.807, 2.05) is 20.8 Å². The molecule has 106 valence electrons. The number of anilines is 1. The first-order chi connectivity index (χ1) is 8.78. The fraction of sp³-hybridized carbons (Fsp3) is 0.643. The molecule has 0 fully saturated rings. The number of rotatable bonds is 5. The third-order valence-electron chi connectivity index (χ3n) is 2.40. The number of hydrogen-bond acceptors (Lipinski definition) is 4. The molecule has 0 radical (unpaired) electrons. The molecule has 2 N–H and O–H groups in total. The van der Waals surface area contributed by atoms with Crippen LogP contribution in [0.4, 0.5) is 5.82 Å². The van der Waals surface area contributed by atoms with Gasteiger partial charge in [-0.05, 0) is 33.1 Å². The molecule has 0 spiro atoms. The minimum absolute atomic E-state index is 0.200. The third kappa shape index (κ3) is 6.18. The zero-order valence-electron chi connectivity index (χ0n) is 12.4. The summed E-state index contributed by atoms with van der Waals surface area (Å²) in [6.45, 7) is 11.0.